The van der Waals surface area contributed by atoms with E-state index in [1.54, 1.807) is 0 Å². The molecule has 0 unspecified atom stereocenters. The third-order valence-corrected chi connectivity index (χ3v) is 9.87. The highest BCUT2D eigenvalue weighted by Gasteiger charge is 2.18. The molecule has 0 aliphatic rings. The van der Waals surface area contributed by atoms with E-state index in [4.69, 9.17) is 19.9 Å². The van der Waals surface area contributed by atoms with Gasteiger partial charge in [-0.15, -0.1) is 0 Å². The Morgan fingerprint density at radius 1 is 0.269 bits per heavy atom. The minimum Gasteiger partial charge on any atom is -0.245 e. The number of hydrogen-bond acceptors (Lipinski definition) is 4. The van der Waals surface area contributed by atoms with Gasteiger partial charge in [-0.3, -0.25) is 0 Å². The van der Waals surface area contributed by atoms with Crippen molar-refractivity contribution in [2.24, 2.45) is 0 Å². The monoisotopic (exact) mass is 662 g/mol. The molecule has 0 N–H and O–H groups in total. The SMILES string of the molecule is c1ccc(-c2ccc3ccc4ccc(-c5cccc6c(-c7cccc8nc(-c9ccccc9)c(-c9ccccc9)nc78)cccc56)nc4c3n2)cc1. The van der Waals surface area contributed by atoms with E-state index in [-0.39, 0.29) is 0 Å². The number of hydrogen-bond donors (Lipinski definition) is 0. The van der Waals surface area contributed by atoms with Gasteiger partial charge in [0.05, 0.1) is 44.8 Å². The van der Waals surface area contributed by atoms with Gasteiger partial charge in [0.15, 0.2) is 0 Å². The molecule has 0 bridgehead atoms. The zero-order valence-electron chi connectivity index (χ0n) is 28.1. The number of fused-ring (bicyclic) bond motifs is 5. The summed E-state index contributed by atoms with van der Waals surface area (Å²) in [6.45, 7) is 0. The number of pyridine rings is 2. The Labute approximate surface area is 300 Å². The lowest BCUT2D eigenvalue weighted by Crippen LogP contribution is -1.97. The molecule has 3 aromatic heterocycles. The summed E-state index contributed by atoms with van der Waals surface area (Å²) >= 11 is 0. The Hall–Kier alpha value is -7.04. The van der Waals surface area contributed by atoms with Crippen molar-refractivity contribution >= 4 is 43.6 Å². The number of benzene rings is 7. The molecular weight excluding hydrogens is 633 g/mol. The Bertz CT molecular complexity index is 2940. The van der Waals surface area contributed by atoms with Crippen molar-refractivity contribution in [3.8, 4) is 56.2 Å². The van der Waals surface area contributed by atoms with Gasteiger partial charge in [0, 0.05) is 38.6 Å². The molecule has 0 atom stereocenters. The van der Waals surface area contributed by atoms with Crippen molar-refractivity contribution in [2.45, 2.75) is 0 Å². The van der Waals surface area contributed by atoms with E-state index in [1.807, 2.05) is 42.5 Å². The molecule has 0 saturated carbocycles. The lowest BCUT2D eigenvalue weighted by Gasteiger charge is -2.15. The van der Waals surface area contributed by atoms with Crippen molar-refractivity contribution in [1.82, 2.24) is 19.9 Å². The fourth-order valence-corrected chi connectivity index (χ4v) is 7.34. The minimum absolute atomic E-state index is 0.856. The van der Waals surface area contributed by atoms with Crippen LogP contribution in [0.1, 0.15) is 0 Å². The van der Waals surface area contributed by atoms with Gasteiger partial charge in [0.1, 0.15) is 0 Å². The van der Waals surface area contributed by atoms with Crippen molar-refractivity contribution in [2.75, 3.05) is 0 Å². The van der Waals surface area contributed by atoms with Crippen LogP contribution in [-0.2, 0) is 0 Å². The van der Waals surface area contributed by atoms with Crippen molar-refractivity contribution < 1.29 is 0 Å². The minimum atomic E-state index is 0.856. The largest absolute Gasteiger partial charge is 0.245 e. The maximum atomic E-state index is 5.40. The molecule has 0 amide bonds. The number of rotatable bonds is 5. The first-order chi connectivity index (χ1) is 25.8. The standard InChI is InChI=1S/C48H30N4/c1-4-13-31(14-5-1)41-29-27-34-25-26-35-28-30-42(50-46(35)45(34)49-41)39-22-11-19-36-37(39)20-10-21-38(36)40-23-12-24-43-48(40)52-47(33-17-8-3-9-18-33)44(51-43)32-15-6-2-7-16-32/h1-30H. The summed E-state index contributed by atoms with van der Waals surface area (Å²) < 4.78 is 0. The van der Waals surface area contributed by atoms with Gasteiger partial charge in [-0.1, -0.05) is 164 Å². The quantitative estimate of drug-likeness (QED) is 0.172. The Morgan fingerprint density at radius 2 is 0.750 bits per heavy atom. The first kappa shape index (κ1) is 29.8. The fraction of sp³-hybridized carbons (Fsp3) is 0. The highest BCUT2D eigenvalue weighted by atomic mass is 14.8. The van der Waals surface area contributed by atoms with Gasteiger partial charge < -0.3 is 0 Å². The molecule has 0 spiro atoms. The summed E-state index contributed by atoms with van der Waals surface area (Å²) in [7, 11) is 0. The number of nitrogens with zero attached hydrogens (tertiary/aromatic N) is 4. The zero-order chi connectivity index (χ0) is 34.4. The van der Waals surface area contributed by atoms with E-state index in [2.05, 4.69) is 140 Å². The van der Waals surface area contributed by atoms with Gasteiger partial charge in [-0.25, -0.2) is 19.9 Å². The first-order valence-corrected chi connectivity index (χ1v) is 17.5. The van der Waals surface area contributed by atoms with Crippen LogP contribution in [-0.4, -0.2) is 19.9 Å². The molecule has 10 aromatic rings. The van der Waals surface area contributed by atoms with Gasteiger partial charge in [-0.05, 0) is 34.5 Å². The van der Waals surface area contributed by atoms with Crippen molar-refractivity contribution in [1.29, 1.82) is 0 Å². The molecule has 0 fully saturated rings. The van der Waals surface area contributed by atoms with Gasteiger partial charge in [0.2, 0.25) is 0 Å². The van der Waals surface area contributed by atoms with E-state index in [0.29, 0.717) is 0 Å². The lowest BCUT2D eigenvalue weighted by atomic mass is 9.93. The maximum absolute atomic E-state index is 5.40. The Morgan fingerprint density at radius 3 is 1.40 bits per heavy atom. The fourth-order valence-electron chi connectivity index (χ4n) is 7.34. The van der Waals surface area contributed by atoms with Crippen LogP contribution >= 0.6 is 0 Å². The lowest BCUT2D eigenvalue weighted by molar-refractivity contribution is 1.29. The van der Waals surface area contributed by atoms with Crippen LogP contribution in [0.15, 0.2) is 182 Å². The third-order valence-electron chi connectivity index (χ3n) is 9.87. The second-order valence-corrected chi connectivity index (χ2v) is 13.0. The van der Waals surface area contributed by atoms with Gasteiger partial charge in [-0.2, -0.15) is 0 Å². The van der Waals surface area contributed by atoms with E-state index in [1.165, 1.54) is 0 Å². The van der Waals surface area contributed by atoms with Crippen LogP contribution in [0.2, 0.25) is 0 Å². The van der Waals surface area contributed by atoms with Gasteiger partial charge >= 0.3 is 0 Å². The summed E-state index contributed by atoms with van der Waals surface area (Å²) in [5.41, 5.74) is 13.5. The summed E-state index contributed by atoms with van der Waals surface area (Å²) in [5, 5.41) is 4.39. The second kappa shape index (κ2) is 12.4. The van der Waals surface area contributed by atoms with Crippen LogP contribution in [0.4, 0.5) is 0 Å². The average molecular weight is 663 g/mol. The number of aromatic nitrogens is 4. The molecule has 4 heteroatoms. The van der Waals surface area contributed by atoms with Crippen LogP contribution in [0, 0.1) is 0 Å². The van der Waals surface area contributed by atoms with E-state index >= 15 is 0 Å². The predicted molar refractivity (Wildman–Crippen MR) is 215 cm³/mol. The first-order valence-electron chi connectivity index (χ1n) is 17.5. The molecule has 0 radical (unpaired) electrons. The summed E-state index contributed by atoms with van der Waals surface area (Å²) in [6.07, 6.45) is 0. The van der Waals surface area contributed by atoms with E-state index in [0.717, 1.165) is 99.8 Å². The predicted octanol–water partition coefficient (Wildman–Crippen LogP) is 12.2. The van der Waals surface area contributed by atoms with E-state index < -0.39 is 0 Å². The molecule has 10 rings (SSSR count). The summed E-state index contributed by atoms with van der Waals surface area (Å²) in [5.74, 6) is 0. The molecule has 7 aromatic carbocycles. The molecular formula is C48H30N4. The average Bonchev–Trinajstić information content (AvgIpc) is 3.23. The van der Waals surface area contributed by atoms with Crippen LogP contribution < -0.4 is 0 Å². The summed E-state index contributed by atoms with van der Waals surface area (Å²) in [6, 6.07) is 63.0. The smallest absolute Gasteiger partial charge is 0.0973 e. The maximum Gasteiger partial charge on any atom is 0.0973 e. The molecule has 0 aliphatic heterocycles. The number of para-hydroxylation sites is 1. The van der Waals surface area contributed by atoms with Crippen LogP contribution in [0.25, 0.3) is 99.8 Å². The van der Waals surface area contributed by atoms with Crippen LogP contribution in [0.5, 0.6) is 0 Å². The van der Waals surface area contributed by atoms with Crippen molar-refractivity contribution in [3.05, 3.63) is 182 Å². The summed E-state index contributed by atoms with van der Waals surface area (Å²) in [4.78, 5) is 21.1. The highest BCUT2D eigenvalue weighted by Crippen LogP contribution is 2.39. The van der Waals surface area contributed by atoms with Crippen LogP contribution in [0.3, 0.4) is 0 Å². The highest BCUT2D eigenvalue weighted by molar-refractivity contribution is 6.09. The molecule has 0 aliphatic carbocycles. The molecule has 3 heterocycles. The molecule has 52 heavy (non-hydrogen) atoms. The Kier molecular flexibility index (Phi) is 7.10. The molecule has 242 valence electrons. The van der Waals surface area contributed by atoms with Crippen molar-refractivity contribution in [3.63, 3.8) is 0 Å². The Balaban J connectivity index is 1.15. The zero-order valence-corrected chi connectivity index (χ0v) is 28.1. The topological polar surface area (TPSA) is 51.6 Å². The molecule has 4 nitrogen and oxygen atoms in total. The normalized spacial score (nSPS) is 11.5. The van der Waals surface area contributed by atoms with E-state index in [9.17, 15) is 0 Å². The third kappa shape index (κ3) is 5.09. The van der Waals surface area contributed by atoms with Gasteiger partial charge in [0.25, 0.3) is 0 Å². The second-order valence-electron chi connectivity index (χ2n) is 13.0. The molecule has 0 saturated heterocycles.